The first-order valence-corrected chi connectivity index (χ1v) is 7.22. The third-order valence-electron chi connectivity index (χ3n) is 4.09. The second-order valence-electron chi connectivity index (χ2n) is 5.82. The Hall–Kier alpha value is -0.840. The van der Waals surface area contributed by atoms with Gasteiger partial charge < -0.3 is 13.9 Å². The Bertz CT molecular complexity index is 423. The number of aryl methyl sites for hydroxylation is 1. The first kappa shape index (κ1) is 13.2. The van der Waals surface area contributed by atoms with Gasteiger partial charge in [-0.05, 0) is 25.5 Å². The summed E-state index contributed by atoms with van der Waals surface area (Å²) in [6.07, 6.45) is 2.37. The van der Waals surface area contributed by atoms with Crippen molar-refractivity contribution in [2.45, 2.75) is 44.9 Å². The van der Waals surface area contributed by atoms with E-state index in [9.17, 15) is 0 Å². The van der Waals surface area contributed by atoms with Gasteiger partial charge in [-0.2, -0.15) is 0 Å². The molecular weight excluding hydrogens is 242 g/mol. The van der Waals surface area contributed by atoms with Gasteiger partial charge in [-0.25, -0.2) is 0 Å². The lowest BCUT2D eigenvalue weighted by molar-refractivity contribution is -0.157. The van der Waals surface area contributed by atoms with E-state index in [2.05, 4.69) is 17.9 Å². The summed E-state index contributed by atoms with van der Waals surface area (Å²) >= 11 is 0. The lowest BCUT2D eigenvalue weighted by Crippen LogP contribution is -2.55. The van der Waals surface area contributed by atoms with Crippen LogP contribution in [-0.4, -0.2) is 42.9 Å². The second-order valence-corrected chi connectivity index (χ2v) is 5.82. The molecule has 2 aliphatic rings. The number of furan rings is 1. The highest BCUT2D eigenvalue weighted by atomic mass is 16.6. The van der Waals surface area contributed by atoms with Crippen molar-refractivity contribution in [1.29, 1.82) is 0 Å². The summed E-state index contributed by atoms with van der Waals surface area (Å²) in [5.74, 6) is 2.03. The van der Waals surface area contributed by atoms with Crippen LogP contribution in [0.25, 0.3) is 0 Å². The standard InChI is InChI=1S/C15H23NO3/c1-3-13-8-16(9-14-5-4-12(2)18-14)10-15(19-13)6-7-17-11-15/h4-5,13H,3,6-11H2,1-2H3/t13-,15+/m0/s1. The number of rotatable bonds is 3. The van der Waals surface area contributed by atoms with Crippen LogP contribution in [0, 0.1) is 6.92 Å². The van der Waals surface area contributed by atoms with E-state index in [1.165, 1.54) is 0 Å². The Morgan fingerprint density at radius 2 is 2.32 bits per heavy atom. The Labute approximate surface area is 114 Å². The average molecular weight is 265 g/mol. The fraction of sp³-hybridized carbons (Fsp3) is 0.733. The van der Waals surface area contributed by atoms with Gasteiger partial charge in [0, 0.05) is 26.1 Å². The molecule has 0 aliphatic carbocycles. The topological polar surface area (TPSA) is 34.8 Å². The molecule has 0 saturated carbocycles. The van der Waals surface area contributed by atoms with E-state index in [1.54, 1.807) is 0 Å². The van der Waals surface area contributed by atoms with Crippen LogP contribution in [0.1, 0.15) is 31.3 Å². The Kier molecular flexibility index (Phi) is 3.65. The number of nitrogens with zero attached hydrogens (tertiary/aromatic N) is 1. The second kappa shape index (κ2) is 5.27. The van der Waals surface area contributed by atoms with Crippen LogP contribution < -0.4 is 0 Å². The molecular formula is C15H23NO3. The van der Waals surface area contributed by atoms with Gasteiger partial charge in [0.1, 0.15) is 17.1 Å². The molecule has 0 bridgehead atoms. The Morgan fingerprint density at radius 1 is 1.42 bits per heavy atom. The van der Waals surface area contributed by atoms with Crippen molar-refractivity contribution in [3.63, 3.8) is 0 Å². The van der Waals surface area contributed by atoms with Crippen LogP contribution in [-0.2, 0) is 16.0 Å². The van der Waals surface area contributed by atoms with Gasteiger partial charge in [0.05, 0.1) is 19.3 Å². The van der Waals surface area contributed by atoms with Gasteiger partial charge in [0.25, 0.3) is 0 Å². The monoisotopic (exact) mass is 265 g/mol. The van der Waals surface area contributed by atoms with Gasteiger partial charge in [0.15, 0.2) is 0 Å². The van der Waals surface area contributed by atoms with E-state index >= 15 is 0 Å². The fourth-order valence-electron chi connectivity index (χ4n) is 3.12. The molecule has 4 nitrogen and oxygen atoms in total. The van der Waals surface area contributed by atoms with Crippen LogP contribution in [0.15, 0.2) is 16.5 Å². The van der Waals surface area contributed by atoms with Crippen molar-refractivity contribution in [3.8, 4) is 0 Å². The lowest BCUT2D eigenvalue weighted by atomic mass is 9.98. The summed E-state index contributed by atoms with van der Waals surface area (Å²) in [5, 5.41) is 0. The molecule has 1 spiro atoms. The van der Waals surface area contributed by atoms with E-state index in [0.717, 1.165) is 57.2 Å². The molecule has 2 saturated heterocycles. The molecule has 2 atom stereocenters. The van der Waals surface area contributed by atoms with Crippen molar-refractivity contribution in [3.05, 3.63) is 23.7 Å². The zero-order valence-electron chi connectivity index (χ0n) is 11.9. The van der Waals surface area contributed by atoms with E-state index < -0.39 is 0 Å². The summed E-state index contributed by atoms with van der Waals surface area (Å²) in [6, 6.07) is 4.10. The predicted octanol–water partition coefficient (Wildman–Crippen LogP) is 2.36. The third-order valence-corrected chi connectivity index (χ3v) is 4.09. The quantitative estimate of drug-likeness (QED) is 0.840. The molecule has 4 heteroatoms. The number of hydrogen-bond acceptors (Lipinski definition) is 4. The van der Waals surface area contributed by atoms with Crippen LogP contribution in [0.5, 0.6) is 0 Å². The molecule has 2 fully saturated rings. The molecule has 0 amide bonds. The number of hydrogen-bond donors (Lipinski definition) is 0. The maximum Gasteiger partial charge on any atom is 0.118 e. The highest BCUT2D eigenvalue weighted by Gasteiger charge is 2.43. The smallest absolute Gasteiger partial charge is 0.118 e. The molecule has 3 heterocycles. The largest absolute Gasteiger partial charge is 0.465 e. The zero-order chi connectivity index (χ0) is 13.3. The van der Waals surface area contributed by atoms with Crippen molar-refractivity contribution in [2.75, 3.05) is 26.3 Å². The first-order valence-electron chi connectivity index (χ1n) is 7.22. The van der Waals surface area contributed by atoms with Gasteiger partial charge >= 0.3 is 0 Å². The highest BCUT2D eigenvalue weighted by molar-refractivity contribution is 5.06. The molecule has 19 heavy (non-hydrogen) atoms. The van der Waals surface area contributed by atoms with Crippen LogP contribution in [0.4, 0.5) is 0 Å². The van der Waals surface area contributed by atoms with E-state index in [4.69, 9.17) is 13.9 Å². The minimum absolute atomic E-state index is 0.0828. The molecule has 106 valence electrons. The minimum atomic E-state index is -0.0828. The zero-order valence-corrected chi connectivity index (χ0v) is 11.9. The molecule has 0 unspecified atom stereocenters. The van der Waals surface area contributed by atoms with E-state index in [1.807, 2.05) is 13.0 Å². The molecule has 1 aromatic heterocycles. The molecule has 2 aliphatic heterocycles. The van der Waals surface area contributed by atoms with Gasteiger partial charge in [-0.3, -0.25) is 4.90 Å². The summed E-state index contributed by atoms with van der Waals surface area (Å²) in [6.45, 7) is 8.54. The molecule has 1 aromatic rings. The average Bonchev–Trinajstić information content (AvgIpc) is 2.99. The van der Waals surface area contributed by atoms with Crippen LogP contribution >= 0.6 is 0 Å². The summed E-state index contributed by atoms with van der Waals surface area (Å²) in [5.41, 5.74) is -0.0828. The number of morpholine rings is 1. The Balaban J connectivity index is 1.70. The molecule has 0 N–H and O–H groups in total. The molecule has 3 rings (SSSR count). The fourth-order valence-corrected chi connectivity index (χ4v) is 3.12. The lowest BCUT2D eigenvalue weighted by Gasteiger charge is -2.43. The third kappa shape index (κ3) is 2.86. The maximum atomic E-state index is 6.26. The van der Waals surface area contributed by atoms with Crippen molar-refractivity contribution in [2.24, 2.45) is 0 Å². The predicted molar refractivity (Wildman–Crippen MR) is 72.1 cm³/mol. The van der Waals surface area contributed by atoms with E-state index in [-0.39, 0.29) is 5.60 Å². The van der Waals surface area contributed by atoms with Crippen molar-refractivity contribution >= 4 is 0 Å². The summed E-state index contributed by atoms with van der Waals surface area (Å²) < 4.78 is 17.5. The van der Waals surface area contributed by atoms with Crippen LogP contribution in [0.2, 0.25) is 0 Å². The number of ether oxygens (including phenoxy) is 2. The normalized spacial score (nSPS) is 32.2. The minimum Gasteiger partial charge on any atom is -0.465 e. The summed E-state index contributed by atoms with van der Waals surface area (Å²) in [4.78, 5) is 2.45. The maximum absolute atomic E-state index is 6.26. The highest BCUT2D eigenvalue weighted by Crippen LogP contribution is 2.31. The van der Waals surface area contributed by atoms with Crippen molar-refractivity contribution in [1.82, 2.24) is 4.90 Å². The van der Waals surface area contributed by atoms with Gasteiger partial charge in [-0.15, -0.1) is 0 Å². The van der Waals surface area contributed by atoms with Crippen molar-refractivity contribution < 1.29 is 13.9 Å². The van der Waals surface area contributed by atoms with Gasteiger partial charge in [0.2, 0.25) is 0 Å². The Morgan fingerprint density at radius 3 is 2.95 bits per heavy atom. The SMILES string of the molecule is CC[C@H]1CN(Cc2ccc(C)o2)C[C@@]2(CCOC2)O1. The van der Waals surface area contributed by atoms with E-state index in [0.29, 0.717) is 6.10 Å². The van der Waals surface area contributed by atoms with Gasteiger partial charge in [-0.1, -0.05) is 6.92 Å². The van der Waals surface area contributed by atoms with Crippen LogP contribution in [0.3, 0.4) is 0 Å². The molecule has 0 radical (unpaired) electrons. The first-order chi connectivity index (χ1) is 9.19. The summed E-state index contributed by atoms with van der Waals surface area (Å²) in [7, 11) is 0. The molecule has 0 aromatic carbocycles.